The molecule has 0 saturated carbocycles. The summed E-state index contributed by atoms with van der Waals surface area (Å²) in [5.74, 6) is 1.02. The molecule has 0 spiro atoms. The molecule has 0 radical (unpaired) electrons. The smallest absolute Gasteiger partial charge is 0.338 e. The number of ether oxygens (including phenoxy) is 3. The quantitative estimate of drug-likeness (QED) is 0.573. The summed E-state index contributed by atoms with van der Waals surface area (Å²) in [6.45, 7) is 3.02. The lowest BCUT2D eigenvalue weighted by Crippen LogP contribution is -2.28. The van der Waals surface area contributed by atoms with Gasteiger partial charge in [-0.15, -0.1) is 0 Å². The molecule has 7 heteroatoms. The molecule has 142 valence electrons. The molecule has 0 atom stereocenters. The number of esters is 1. The largest absolute Gasteiger partial charge is 0.462 e. The topological polar surface area (TPSA) is 85.9 Å². The van der Waals surface area contributed by atoms with Crippen LogP contribution < -0.4 is 20.1 Å². The minimum absolute atomic E-state index is 0.217. The van der Waals surface area contributed by atoms with Crippen LogP contribution in [0.15, 0.2) is 42.5 Å². The van der Waals surface area contributed by atoms with E-state index in [-0.39, 0.29) is 18.8 Å². The number of rotatable bonds is 7. The van der Waals surface area contributed by atoms with E-state index in [2.05, 4.69) is 10.6 Å². The van der Waals surface area contributed by atoms with Gasteiger partial charge in [-0.2, -0.15) is 0 Å². The average molecular weight is 370 g/mol. The Balaban J connectivity index is 1.47. The van der Waals surface area contributed by atoms with E-state index in [4.69, 9.17) is 14.2 Å². The van der Waals surface area contributed by atoms with Crippen molar-refractivity contribution >= 4 is 17.7 Å². The zero-order chi connectivity index (χ0) is 19.1. The maximum absolute atomic E-state index is 12.0. The van der Waals surface area contributed by atoms with Crippen LogP contribution in [-0.4, -0.2) is 25.4 Å². The number of carbonyl (C=O) groups is 2. The number of anilines is 1. The molecule has 7 nitrogen and oxygen atoms in total. The third kappa shape index (κ3) is 5.13. The standard InChI is InChI=1S/C20H22N2O5/c1-2-3-10-25-19(23)15-5-7-16(8-6-15)22-20(24)21-12-14-4-9-17-18(11-14)27-13-26-17/h4-9,11H,2-3,10,12-13H2,1H3,(H2,21,22,24). The van der Waals surface area contributed by atoms with Crippen LogP contribution in [0.2, 0.25) is 0 Å². The molecule has 0 unspecified atom stereocenters. The Hall–Kier alpha value is -3.22. The molecule has 1 aliphatic rings. The second-order valence-electron chi connectivity index (χ2n) is 6.06. The molecule has 2 amide bonds. The van der Waals surface area contributed by atoms with Crippen molar-refractivity contribution in [2.24, 2.45) is 0 Å². The van der Waals surface area contributed by atoms with Gasteiger partial charge in [0, 0.05) is 12.2 Å². The fourth-order valence-corrected chi connectivity index (χ4v) is 2.49. The lowest BCUT2D eigenvalue weighted by Gasteiger charge is -2.09. The fraction of sp³-hybridized carbons (Fsp3) is 0.300. The number of fused-ring (bicyclic) bond motifs is 1. The van der Waals surface area contributed by atoms with Crippen LogP contribution in [-0.2, 0) is 11.3 Å². The van der Waals surface area contributed by atoms with Gasteiger partial charge < -0.3 is 24.8 Å². The van der Waals surface area contributed by atoms with Crippen molar-refractivity contribution in [3.8, 4) is 11.5 Å². The summed E-state index contributed by atoms with van der Waals surface area (Å²) in [6, 6.07) is 11.8. The Morgan fingerprint density at radius 3 is 2.63 bits per heavy atom. The van der Waals surface area contributed by atoms with Crippen molar-refractivity contribution < 1.29 is 23.8 Å². The highest BCUT2D eigenvalue weighted by molar-refractivity contribution is 5.92. The van der Waals surface area contributed by atoms with Crippen LogP contribution >= 0.6 is 0 Å². The third-order valence-corrected chi connectivity index (χ3v) is 4.00. The summed E-state index contributed by atoms with van der Waals surface area (Å²) >= 11 is 0. The lowest BCUT2D eigenvalue weighted by molar-refractivity contribution is 0.0499. The lowest BCUT2D eigenvalue weighted by atomic mass is 10.2. The second kappa shape index (κ2) is 8.93. The van der Waals surface area contributed by atoms with E-state index in [0.29, 0.717) is 35.9 Å². The Labute approximate surface area is 157 Å². The van der Waals surface area contributed by atoms with Crippen molar-refractivity contribution in [3.05, 3.63) is 53.6 Å². The third-order valence-electron chi connectivity index (χ3n) is 4.00. The van der Waals surface area contributed by atoms with Crippen LogP contribution in [0.5, 0.6) is 11.5 Å². The first kappa shape index (κ1) is 18.6. The Morgan fingerprint density at radius 1 is 1.07 bits per heavy atom. The molecule has 27 heavy (non-hydrogen) atoms. The molecule has 0 aliphatic carbocycles. The first-order valence-electron chi connectivity index (χ1n) is 8.86. The fourth-order valence-electron chi connectivity index (χ4n) is 2.49. The normalized spacial score (nSPS) is 11.7. The van der Waals surface area contributed by atoms with Gasteiger partial charge >= 0.3 is 12.0 Å². The van der Waals surface area contributed by atoms with Crippen molar-refractivity contribution in [1.82, 2.24) is 5.32 Å². The Kier molecular flexibility index (Phi) is 6.14. The van der Waals surface area contributed by atoms with Gasteiger partial charge in [0.15, 0.2) is 11.5 Å². The van der Waals surface area contributed by atoms with Crippen LogP contribution in [0.25, 0.3) is 0 Å². The second-order valence-corrected chi connectivity index (χ2v) is 6.06. The van der Waals surface area contributed by atoms with E-state index >= 15 is 0 Å². The predicted octanol–water partition coefficient (Wildman–Crippen LogP) is 3.69. The molecule has 0 fully saturated rings. The Bertz CT molecular complexity index is 805. The molecule has 1 aliphatic heterocycles. The van der Waals surface area contributed by atoms with E-state index in [0.717, 1.165) is 18.4 Å². The molecule has 0 bridgehead atoms. The van der Waals surface area contributed by atoms with Crippen molar-refractivity contribution in [3.63, 3.8) is 0 Å². The molecule has 3 rings (SSSR count). The zero-order valence-electron chi connectivity index (χ0n) is 15.1. The summed E-state index contributed by atoms with van der Waals surface area (Å²) in [5.41, 5.74) is 1.94. The summed E-state index contributed by atoms with van der Waals surface area (Å²) in [5, 5.41) is 5.50. The van der Waals surface area contributed by atoms with E-state index in [1.165, 1.54) is 0 Å². The summed E-state index contributed by atoms with van der Waals surface area (Å²) < 4.78 is 15.7. The van der Waals surface area contributed by atoms with Crippen LogP contribution in [0, 0.1) is 0 Å². The number of carbonyl (C=O) groups excluding carboxylic acids is 2. The molecule has 2 N–H and O–H groups in total. The van der Waals surface area contributed by atoms with Gasteiger partial charge in [0.25, 0.3) is 0 Å². The summed E-state index contributed by atoms with van der Waals surface area (Å²) in [4.78, 5) is 23.9. The van der Waals surface area contributed by atoms with Crippen LogP contribution in [0.4, 0.5) is 10.5 Å². The molecular formula is C20H22N2O5. The van der Waals surface area contributed by atoms with Crippen molar-refractivity contribution in [2.75, 3.05) is 18.7 Å². The molecule has 2 aromatic rings. The first-order valence-corrected chi connectivity index (χ1v) is 8.86. The Morgan fingerprint density at radius 2 is 1.85 bits per heavy atom. The molecule has 1 heterocycles. The maximum Gasteiger partial charge on any atom is 0.338 e. The maximum atomic E-state index is 12.0. The number of nitrogens with one attached hydrogen (secondary N) is 2. The monoisotopic (exact) mass is 370 g/mol. The molecular weight excluding hydrogens is 348 g/mol. The van der Waals surface area contributed by atoms with Gasteiger partial charge in [0.2, 0.25) is 6.79 Å². The van der Waals surface area contributed by atoms with Gasteiger partial charge in [0.05, 0.1) is 12.2 Å². The molecule has 0 aromatic heterocycles. The van der Waals surface area contributed by atoms with Gasteiger partial charge in [0.1, 0.15) is 0 Å². The van der Waals surface area contributed by atoms with Crippen LogP contribution in [0.3, 0.4) is 0 Å². The predicted molar refractivity (Wildman–Crippen MR) is 100 cm³/mol. The van der Waals surface area contributed by atoms with Crippen LogP contribution in [0.1, 0.15) is 35.7 Å². The number of unbranched alkanes of at least 4 members (excludes halogenated alkanes) is 1. The molecule has 0 saturated heterocycles. The molecule has 2 aromatic carbocycles. The van der Waals surface area contributed by atoms with Crippen molar-refractivity contribution in [2.45, 2.75) is 26.3 Å². The van der Waals surface area contributed by atoms with Gasteiger partial charge in [-0.1, -0.05) is 19.4 Å². The highest BCUT2D eigenvalue weighted by atomic mass is 16.7. The highest BCUT2D eigenvalue weighted by Gasteiger charge is 2.13. The number of hydrogen-bond acceptors (Lipinski definition) is 5. The van der Waals surface area contributed by atoms with E-state index < -0.39 is 0 Å². The van der Waals surface area contributed by atoms with Gasteiger partial charge in [-0.25, -0.2) is 9.59 Å². The van der Waals surface area contributed by atoms with E-state index in [1.54, 1.807) is 24.3 Å². The number of amides is 2. The number of hydrogen-bond donors (Lipinski definition) is 2. The summed E-state index contributed by atoms with van der Waals surface area (Å²) in [6.07, 6.45) is 1.81. The first-order chi connectivity index (χ1) is 13.2. The zero-order valence-corrected chi connectivity index (χ0v) is 15.1. The van der Waals surface area contributed by atoms with E-state index in [1.807, 2.05) is 25.1 Å². The number of urea groups is 1. The average Bonchev–Trinajstić information content (AvgIpc) is 3.15. The highest BCUT2D eigenvalue weighted by Crippen LogP contribution is 2.32. The van der Waals surface area contributed by atoms with E-state index in [9.17, 15) is 9.59 Å². The summed E-state index contributed by atoms with van der Waals surface area (Å²) in [7, 11) is 0. The minimum Gasteiger partial charge on any atom is -0.462 e. The number of benzene rings is 2. The SMILES string of the molecule is CCCCOC(=O)c1ccc(NC(=O)NCc2ccc3c(c2)OCO3)cc1. The van der Waals surface area contributed by atoms with Crippen molar-refractivity contribution in [1.29, 1.82) is 0 Å². The van der Waals surface area contributed by atoms with Gasteiger partial charge in [-0.3, -0.25) is 0 Å². The minimum atomic E-state index is -0.359. The van der Waals surface area contributed by atoms with Gasteiger partial charge in [-0.05, 0) is 48.4 Å².